The molecule has 6 heteroatoms. The molecule has 1 aromatic heterocycles. The van der Waals surface area contributed by atoms with Gasteiger partial charge in [0.25, 0.3) is 6.01 Å². The lowest BCUT2D eigenvalue weighted by atomic mass is 10.2. The molecule has 0 bridgehead atoms. The van der Waals surface area contributed by atoms with E-state index < -0.39 is 5.82 Å². The highest BCUT2D eigenvalue weighted by Crippen LogP contribution is 2.25. The van der Waals surface area contributed by atoms with Gasteiger partial charge in [-0.25, -0.2) is 4.39 Å². The minimum atomic E-state index is -0.550. The molecule has 0 aliphatic carbocycles. The second-order valence-corrected chi connectivity index (χ2v) is 4.18. The summed E-state index contributed by atoms with van der Waals surface area (Å²) in [5.41, 5.74) is 7.79. The van der Waals surface area contributed by atoms with E-state index in [1.807, 2.05) is 6.07 Å². The van der Waals surface area contributed by atoms with Crippen LogP contribution < -0.4 is 11.1 Å². The first kappa shape index (κ1) is 12.0. The van der Waals surface area contributed by atoms with Gasteiger partial charge in [0.2, 0.25) is 0 Å². The molecule has 0 saturated heterocycles. The number of nitriles is 1. The van der Waals surface area contributed by atoms with Crippen molar-refractivity contribution in [1.82, 2.24) is 4.98 Å². The number of nitrogens with two attached hydrogens (primary N) is 1. The molecule has 5 nitrogen and oxygen atoms in total. The summed E-state index contributed by atoms with van der Waals surface area (Å²) in [6.07, 6.45) is 0. The van der Waals surface area contributed by atoms with Crippen LogP contribution in [0.3, 0.4) is 0 Å². The lowest BCUT2D eigenvalue weighted by Gasteiger charge is -2.02. The summed E-state index contributed by atoms with van der Waals surface area (Å²) < 4.78 is 19.2. The fourth-order valence-corrected chi connectivity index (χ4v) is 1.80. The molecule has 0 unspecified atom stereocenters. The molecule has 2 aromatic carbocycles. The second kappa shape index (κ2) is 4.55. The molecule has 20 heavy (non-hydrogen) atoms. The first-order valence-corrected chi connectivity index (χ1v) is 5.78. The van der Waals surface area contributed by atoms with Crippen molar-refractivity contribution in [2.75, 3.05) is 11.1 Å². The van der Waals surface area contributed by atoms with Crippen LogP contribution in [-0.2, 0) is 0 Å². The molecule has 0 atom stereocenters. The van der Waals surface area contributed by atoms with Crippen LogP contribution in [0.15, 0.2) is 40.8 Å². The average molecular weight is 268 g/mol. The molecular weight excluding hydrogens is 259 g/mol. The topological polar surface area (TPSA) is 87.9 Å². The number of nitrogens with one attached hydrogen (secondary N) is 1. The van der Waals surface area contributed by atoms with Crippen molar-refractivity contribution >= 4 is 28.5 Å². The van der Waals surface area contributed by atoms with Crippen molar-refractivity contribution in [1.29, 1.82) is 5.26 Å². The van der Waals surface area contributed by atoms with Gasteiger partial charge in [-0.3, -0.25) is 0 Å². The fraction of sp³-hybridized carbons (Fsp3) is 0. The van der Waals surface area contributed by atoms with Crippen molar-refractivity contribution in [2.24, 2.45) is 0 Å². The number of oxazole rings is 1. The summed E-state index contributed by atoms with van der Waals surface area (Å²) in [5, 5.41) is 11.4. The zero-order valence-corrected chi connectivity index (χ0v) is 10.2. The number of hydrogen-bond donors (Lipinski definition) is 2. The number of fused-ring (bicyclic) bond motifs is 1. The fourth-order valence-electron chi connectivity index (χ4n) is 1.80. The van der Waals surface area contributed by atoms with Crippen molar-refractivity contribution in [3.8, 4) is 6.07 Å². The maximum Gasteiger partial charge on any atom is 0.300 e. The van der Waals surface area contributed by atoms with Gasteiger partial charge < -0.3 is 15.5 Å². The third-order valence-corrected chi connectivity index (χ3v) is 2.75. The van der Waals surface area contributed by atoms with E-state index in [2.05, 4.69) is 10.3 Å². The predicted octanol–water partition coefficient (Wildman–Crippen LogP) is 3.16. The van der Waals surface area contributed by atoms with Gasteiger partial charge in [0, 0.05) is 5.69 Å². The van der Waals surface area contributed by atoms with E-state index in [0.29, 0.717) is 16.8 Å². The lowest BCUT2D eigenvalue weighted by molar-refractivity contribution is 0.611. The standard InChI is InChI=1S/C14H9FN4O/c15-10-5-8(7-16)1-3-11(10)18-14-19-12-6-9(17)2-4-13(12)20-14/h1-6H,17H2,(H,18,19). The van der Waals surface area contributed by atoms with E-state index in [-0.39, 0.29) is 17.3 Å². The second-order valence-electron chi connectivity index (χ2n) is 4.18. The maximum atomic E-state index is 13.7. The van der Waals surface area contributed by atoms with Crippen LogP contribution in [0, 0.1) is 17.1 Å². The Bertz CT molecular complexity index is 835. The van der Waals surface area contributed by atoms with Gasteiger partial charge in [0.05, 0.1) is 17.3 Å². The number of benzene rings is 2. The number of rotatable bonds is 2. The van der Waals surface area contributed by atoms with E-state index in [4.69, 9.17) is 15.4 Å². The number of anilines is 3. The van der Waals surface area contributed by atoms with Crippen molar-refractivity contribution in [3.05, 3.63) is 47.8 Å². The van der Waals surface area contributed by atoms with Crippen LogP contribution in [0.2, 0.25) is 0 Å². The quantitative estimate of drug-likeness (QED) is 0.697. The highest BCUT2D eigenvalue weighted by Gasteiger charge is 2.09. The molecule has 3 N–H and O–H groups in total. The summed E-state index contributed by atoms with van der Waals surface area (Å²) in [4.78, 5) is 4.16. The van der Waals surface area contributed by atoms with E-state index in [0.717, 1.165) is 6.07 Å². The first-order valence-electron chi connectivity index (χ1n) is 5.78. The lowest BCUT2D eigenvalue weighted by Crippen LogP contribution is -1.94. The third-order valence-electron chi connectivity index (χ3n) is 2.75. The molecule has 98 valence electrons. The molecule has 0 radical (unpaired) electrons. The smallest absolute Gasteiger partial charge is 0.300 e. The molecule has 3 aromatic rings. The van der Waals surface area contributed by atoms with E-state index >= 15 is 0 Å². The molecule has 0 spiro atoms. The molecule has 3 rings (SSSR count). The molecule has 0 amide bonds. The molecular formula is C14H9FN4O. The highest BCUT2D eigenvalue weighted by molar-refractivity contribution is 5.78. The summed E-state index contributed by atoms with van der Waals surface area (Å²) >= 11 is 0. The van der Waals surface area contributed by atoms with Gasteiger partial charge in [-0.15, -0.1) is 0 Å². The summed E-state index contributed by atoms with van der Waals surface area (Å²) in [7, 11) is 0. The van der Waals surface area contributed by atoms with E-state index in [1.165, 1.54) is 12.1 Å². The average Bonchev–Trinajstić information content (AvgIpc) is 2.82. The Labute approximate surface area is 113 Å². The van der Waals surface area contributed by atoms with Crippen molar-refractivity contribution in [2.45, 2.75) is 0 Å². The summed E-state index contributed by atoms with van der Waals surface area (Å²) in [6, 6.07) is 11.2. The van der Waals surface area contributed by atoms with Gasteiger partial charge in [0.15, 0.2) is 5.58 Å². The summed E-state index contributed by atoms with van der Waals surface area (Å²) in [5.74, 6) is -0.550. The van der Waals surface area contributed by atoms with Crippen LogP contribution in [0.4, 0.5) is 21.8 Å². The van der Waals surface area contributed by atoms with Crippen LogP contribution in [-0.4, -0.2) is 4.98 Å². The molecule has 1 heterocycles. The number of halogens is 1. The number of aromatic nitrogens is 1. The van der Waals surface area contributed by atoms with Crippen LogP contribution in [0.1, 0.15) is 5.56 Å². The molecule has 0 saturated carbocycles. The molecule has 0 aliphatic heterocycles. The van der Waals surface area contributed by atoms with Gasteiger partial charge in [-0.2, -0.15) is 10.2 Å². The minimum absolute atomic E-state index is 0.161. The Morgan fingerprint density at radius 2 is 2.10 bits per heavy atom. The number of nitrogens with zero attached hydrogens (tertiary/aromatic N) is 2. The third kappa shape index (κ3) is 2.12. The highest BCUT2D eigenvalue weighted by atomic mass is 19.1. The zero-order valence-electron chi connectivity index (χ0n) is 10.2. The van der Waals surface area contributed by atoms with Gasteiger partial charge in [-0.1, -0.05) is 0 Å². The SMILES string of the molecule is N#Cc1ccc(Nc2nc3cc(N)ccc3o2)c(F)c1. The Morgan fingerprint density at radius 3 is 2.85 bits per heavy atom. The van der Waals surface area contributed by atoms with E-state index in [1.54, 1.807) is 18.2 Å². The Hall–Kier alpha value is -3.07. The van der Waals surface area contributed by atoms with Crippen LogP contribution in [0.25, 0.3) is 11.1 Å². The van der Waals surface area contributed by atoms with Crippen molar-refractivity contribution in [3.63, 3.8) is 0 Å². The summed E-state index contributed by atoms with van der Waals surface area (Å²) in [6.45, 7) is 0. The number of hydrogen-bond acceptors (Lipinski definition) is 5. The predicted molar refractivity (Wildman–Crippen MR) is 72.8 cm³/mol. The Morgan fingerprint density at radius 1 is 1.25 bits per heavy atom. The Kier molecular flexibility index (Phi) is 2.73. The minimum Gasteiger partial charge on any atom is -0.423 e. The first-order chi connectivity index (χ1) is 9.65. The van der Waals surface area contributed by atoms with Crippen LogP contribution in [0.5, 0.6) is 0 Å². The largest absolute Gasteiger partial charge is 0.423 e. The molecule has 0 aliphatic rings. The number of nitrogen functional groups attached to an aromatic ring is 1. The maximum absolute atomic E-state index is 13.7. The van der Waals surface area contributed by atoms with Gasteiger partial charge in [0.1, 0.15) is 11.3 Å². The van der Waals surface area contributed by atoms with Gasteiger partial charge in [-0.05, 0) is 36.4 Å². The van der Waals surface area contributed by atoms with E-state index in [9.17, 15) is 4.39 Å². The normalized spacial score (nSPS) is 10.4. The zero-order chi connectivity index (χ0) is 14.1. The van der Waals surface area contributed by atoms with Crippen molar-refractivity contribution < 1.29 is 8.81 Å². The Balaban J connectivity index is 1.95. The molecule has 0 fully saturated rings. The monoisotopic (exact) mass is 268 g/mol. The van der Waals surface area contributed by atoms with Crippen LogP contribution >= 0.6 is 0 Å². The van der Waals surface area contributed by atoms with Gasteiger partial charge >= 0.3 is 0 Å².